The van der Waals surface area contributed by atoms with E-state index in [-0.39, 0.29) is 18.3 Å². The van der Waals surface area contributed by atoms with E-state index in [4.69, 9.17) is 0 Å². The molecule has 1 atom stereocenters. The third-order valence-electron chi connectivity index (χ3n) is 5.48. The Morgan fingerprint density at radius 3 is 1.97 bits per heavy atom. The highest BCUT2D eigenvalue weighted by atomic mass is 16.3. The smallest absolute Gasteiger partial charge is 0.220 e. The van der Waals surface area contributed by atoms with E-state index < -0.39 is 6.04 Å². The summed E-state index contributed by atoms with van der Waals surface area (Å²) in [6.07, 6.45) is 21.3. The summed E-state index contributed by atoms with van der Waals surface area (Å²) in [5.74, 6) is 0.148. The molecule has 30 heavy (non-hydrogen) atoms. The third-order valence-corrected chi connectivity index (χ3v) is 5.48. The molecule has 0 aliphatic rings. The minimum atomic E-state index is -0.416. The highest BCUT2D eigenvalue weighted by Crippen LogP contribution is 2.17. The first-order chi connectivity index (χ1) is 14.7. The van der Waals surface area contributed by atoms with Crippen LogP contribution in [0.4, 0.5) is 0 Å². The molecule has 0 bridgehead atoms. The molecule has 4 nitrogen and oxygen atoms in total. The van der Waals surface area contributed by atoms with Gasteiger partial charge >= 0.3 is 0 Å². The van der Waals surface area contributed by atoms with Crippen molar-refractivity contribution in [2.75, 3.05) is 6.61 Å². The Balaban J connectivity index is 1.97. The van der Waals surface area contributed by atoms with Crippen molar-refractivity contribution in [2.45, 2.75) is 103 Å². The van der Waals surface area contributed by atoms with Gasteiger partial charge in [-0.25, -0.2) is 0 Å². The number of hydrogen-bond acceptors (Lipinski definition) is 3. The highest BCUT2D eigenvalue weighted by Gasteiger charge is 2.13. The zero-order chi connectivity index (χ0) is 21.9. The summed E-state index contributed by atoms with van der Waals surface area (Å²) < 4.78 is 0. The first-order valence-electron chi connectivity index (χ1n) is 12.0. The lowest BCUT2D eigenvalue weighted by Gasteiger charge is -2.16. The lowest BCUT2D eigenvalue weighted by atomic mass is 10.1. The standard InChI is InChI=1S/C26H43NO3/c1-2-3-4-5-6-7-8-9-10-11-12-13-14-15-16-17-26(30)27-25(22-28)23-18-20-24(29)21-19-23/h9-10,18-21,25,28-29H,2-8,11-17,22H2,1H3,(H,27,30)/t25-/m0/s1. The van der Waals surface area contributed by atoms with E-state index >= 15 is 0 Å². The molecule has 0 saturated carbocycles. The van der Waals surface area contributed by atoms with Crippen LogP contribution in [-0.4, -0.2) is 22.7 Å². The SMILES string of the molecule is CCCCCCCCC=CCCCCCCCC(=O)N[C@@H](CO)c1ccc(O)cc1. The number of allylic oxidation sites excluding steroid dienone is 2. The lowest BCUT2D eigenvalue weighted by molar-refractivity contribution is -0.122. The van der Waals surface area contributed by atoms with Gasteiger partial charge in [0.25, 0.3) is 0 Å². The number of benzene rings is 1. The molecule has 0 aliphatic heterocycles. The Morgan fingerprint density at radius 2 is 1.40 bits per heavy atom. The molecule has 1 amide bonds. The zero-order valence-electron chi connectivity index (χ0n) is 19.0. The fourth-order valence-electron chi connectivity index (χ4n) is 3.56. The third kappa shape index (κ3) is 13.4. The summed E-state index contributed by atoms with van der Waals surface area (Å²) in [7, 11) is 0. The molecule has 0 fully saturated rings. The summed E-state index contributed by atoms with van der Waals surface area (Å²) in [5.41, 5.74) is 0.799. The number of aliphatic hydroxyl groups is 1. The van der Waals surface area contributed by atoms with Gasteiger partial charge < -0.3 is 15.5 Å². The number of aliphatic hydroxyl groups excluding tert-OH is 1. The molecule has 1 rings (SSSR count). The first kappa shape index (κ1) is 26.2. The van der Waals surface area contributed by atoms with Crippen LogP contribution in [0.15, 0.2) is 36.4 Å². The number of nitrogens with one attached hydrogen (secondary N) is 1. The Morgan fingerprint density at radius 1 is 0.867 bits per heavy atom. The van der Waals surface area contributed by atoms with Gasteiger partial charge in [-0.15, -0.1) is 0 Å². The molecule has 1 aromatic rings. The Kier molecular flexibility index (Phi) is 15.7. The van der Waals surface area contributed by atoms with Crippen LogP contribution >= 0.6 is 0 Å². The predicted octanol–water partition coefficient (Wildman–Crippen LogP) is 6.58. The second kappa shape index (κ2) is 18.0. The van der Waals surface area contributed by atoms with Crippen LogP contribution in [0.2, 0.25) is 0 Å². The van der Waals surface area contributed by atoms with Crippen molar-refractivity contribution >= 4 is 5.91 Å². The Hall–Kier alpha value is -1.81. The van der Waals surface area contributed by atoms with Crippen LogP contribution < -0.4 is 5.32 Å². The number of carbonyl (C=O) groups is 1. The lowest BCUT2D eigenvalue weighted by Crippen LogP contribution is -2.30. The molecule has 170 valence electrons. The fourth-order valence-corrected chi connectivity index (χ4v) is 3.56. The molecule has 0 heterocycles. The Bertz CT molecular complexity index is 568. The highest BCUT2D eigenvalue weighted by molar-refractivity contribution is 5.76. The summed E-state index contributed by atoms with van der Waals surface area (Å²) in [6, 6.07) is 6.15. The van der Waals surface area contributed by atoms with Gasteiger partial charge in [0.15, 0.2) is 0 Å². The van der Waals surface area contributed by atoms with Crippen LogP contribution in [0.25, 0.3) is 0 Å². The van der Waals surface area contributed by atoms with Crippen molar-refractivity contribution < 1.29 is 15.0 Å². The van der Waals surface area contributed by atoms with Gasteiger partial charge in [0.2, 0.25) is 5.91 Å². The van der Waals surface area contributed by atoms with E-state index in [0.29, 0.717) is 6.42 Å². The van der Waals surface area contributed by atoms with Crippen molar-refractivity contribution in [2.24, 2.45) is 0 Å². The van der Waals surface area contributed by atoms with Crippen LogP contribution in [0, 0.1) is 0 Å². The number of hydrogen-bond donors (Lipinski definition) is 3. The summed E-state index contributed by atoms with van der Waals surface area (Å²) >= 11 is 0. The maximum absolute atomic E-state index is 12.1. The number of rotatable bonds is 18. The second-order valence-corrected chi connectivity index (χ2v) is 8.23. The normalized spacial score (nSPS) is 12.3. The molecular weight excluding hydrogens is 374 g/mol. The van der Waals surface area contributed by atoms with Crippen LogP contribution in [0.1, 0.15) is 108 Å². The largest absolute Gasteiger partial charge is 0.508 e. The van der Waals surface area contributed by atoms with Gasteiger partial charge in [-0.1, -0.05) is 82.6 Å². The van der Waals surface area contributed by atoms with Gasteiger partial charge in [-0.05, 0) is 49.8 Å². The molecule has 0 radical (unpaired) electrons. The van der Waals surface area contributed by atoms with Gasteiger partial charge in [-0.2, -0.15) is 0 Å². The molecular formula is C26H43NO3. The molecule has 3 N–H and O–H groups in total. The minimum Gasteiger partial charge on any atom is -0.508 e. The monoisotopic (exact) mass is 417 g/mol. The van der Waals surface area contributed by atoms with Crippen LogP contribution in [0.5, 0.6) is 5.75 Å². The van der Waals surface area contributed by atoms with E-state index in [1.807, 2.05) is 0 Å². The van der Waals surface area contributed by atoms with Crippen molar-refractivity contribution in [1.29, 1.82) is 0 Å². The average Bonchev–Trinajstić information content (AvgIpc) is 2.75. The van der Waals surface area contributed by atoms with Gasteiger partial charge in [0.05, 0.1) is 12.6 Å². The molecule has 0 spiro atoms. The molecule has 0 aromatic heterocycles. The van der Waals surface area contributed by atoms with Crippen molar-refractivity contribution in [3.05, 3.63) is 42.0 Å². The second-order valence-electron chi connectivity index (χ2n) is 8.23. The van der Waals surface area contributed by atoms with Crippen LogP contribution in [-0.2, 0) is 4.79 Å². The summed E-state index contributed by atoms with van der Waals surface area (Å²) in [5, 5.41) is 21.7. The minimum absolute atomic E-state index is 0.0280. The molecule has 1 aromatic carbocycles. The number of unbranched alkanes of at least 4 members (excludes halogenated alkanes) is 11. The summed E-state index contributed by atoms with van der Waals surface area (Å²) in [6.45, 7) is 2.11. The molecule has 0 saturated heterocycles. The molecule has 4 heteroatoms. The van der Waals surface area contributed by atoms with Crippen molar-refractivity contribution in [1.82, 2.24) is 5.32 Å². The number of carbonyl (C=O) groups excluding carboxylic acids is 1. The topological polar surface area (TPSA) is 69.6 Å². The van der Waals surface area contributed by atoms with E-state index in [9.17, 15) is 15.0 Å². The quantitative estimate of drug-likeness (QED) is 0.187. The fraction of sp³-hybridized carbons (Fsp3) is 0.654. The van der Waals surface area contributed by atoms with Crippen molar-refractivity contribution in [3.63, 3.8) is 0 Å². The van der Waals surface area contributed by atoms with Crippen molar-refractivity contribution in [3.8, 4) is 5.75 Å². The van der Waals surface area contributed by atoms with E-state index in [2.05, 4.69) is 24.4 Å². The Labute approximate surface area is 183 Å². The van der Waals surface area contributed by atoms with Gasteiger partial charge in [-0.3, -0.25) is 4.79 Å². The molecule has 0 unspecified atom stereocenters. The average molecular weight is 418 g/mol. The summed E-state index contributed by atoms with van der Waals surface area (Å²) in [4.78, 5) is 12.1. The predicted molar refractivity (Wildman–Crippen MR) is 126 cm³/mol. The van der Waals surface area contributed by atoms with E-state index in [0.717, 1.165) is 18.4 Å². The maximum atomic E-state index is 12.1. The number of phenolic OH excluding ortho intramolecular Hbond substituents is 1. The van der Waals surface area contributed by atoms with Gasteiger partial charge in [0, 0.05) is 6.42 Å². The maximum Gasteiger partial charge on any atom is 0.220 e. The van der Waals surface area contributed by atoms with E-state index in [1.54, 1.807) is 24.3 Å². The number of phenols is 1. The first-order valence-corrected chi connectivity index (χ1v) is 12.0. The zero-order valence-corrected chi connectivity index (χ0v) is 19.0. The molecule has 0 aliphatic carbocycles. The number of amides is 1. The van der Waals surface area contributed by atoms with E-state index in [1.165, 1.54) is 70.6 Å². The van der Waals surface area contributed by atoms with Crippen LogP contribution in [0.3, 0.4) is 0 Å². The van der Waals surface area contributed by atoms with Gasteiger partial charge in [0.1, 0.15) is 5.75 Å². The number of aromatic hydroxyl groups is 1.